The molecule has 8 nitrogen and oxygen atoms in total. The monoisotopic (exact) mass is 240 g/mol. The minimum absolute atomic E-state index is 0.652. The van der Waals surface area contributed by atoms with E-state index in [1.807, 2.05) is 0 Å². The Labute approximate surface area is 95.5 Å². The molecular weight excluding hydrogens is 232 g/mol. The van der Waals surface area contributed by atoms with Crippen LogP contribution in [0.25, 0.3) is 0 Å². The van der Waals surface area contributed by atoms with Crippen molar-refractivity contribution >= 4 is 5.97 Å². The summed E-state index contributed by atoms with van der Waals surface area (Å²) in [6, 6.07) is 0. The van der Waals surface area contributed by atoms with Gasteiger partial charge in [-0.15, -0.1) is 0 Å². The van der Waals surface area contributed by atoms with Gasteiger partial charge in [0.25, 0.3) is 0 Å². The van der Waals surface area contributed by atoms with Gasteiger partial charge in [-0.05, 0) is 12.2 Å². The van der Waals surface area contributed by atoms with Crippen LogP contribution in [-0.4, -0.2) is 15.8 Å². The summed E-state index contributed by atoms with van der Waals surface area (Å²) in [5.74, 6) is -0.760. The Morgan fingerprint density at radius 1 is 0.941 bits per heavy atom. The maximum Gasteiger partial charge on any atom is 0.335 e. The third-order valence-corrected chi connectivity index (χ3v) is 1.13. The molecule has 0 aliphatic heterocycles. The number of esters is 1. The van der Waals surface area contributed by atoms with Crippen LogP contribution in [0.2, 0.25) is 0 Å². The van der Waals surface area contributed by atoms with Crippen molar-refractivity contribution in [2.24, 2.45) is 0 Å². The van der Waals surface area contributed by atoms with E-state index >= 15 is 0 Å². The van der Waals surface area contributed by atoms with E-state index in [2.05, 4.69) is 4.74 Å². The number of ether oxygens (including phenoxy) is 1. The summed E-state index contributed by atoms with van der Waals surface area (Å²) in [6.45, 7) is 0. The van der Waals surface area contributed by atoms with Crippen molar-refractivity contribution in [3.63, 3.8) is 0 Å². The number of carbonyl (C=O) groups excluding carboxylic acids is 1. The van der Waals surface area contributed by atoms with Gasteiger partial charge in [0, 0.05) is 18.2 Å². The van der Waals surface area contributed by atoms with Crippen molar-refractivity contribution in [2.45, 2.75) is 0 Å². The Morgan fingerprint density at radius 3 is 2.00 bits per heavy atom. The first-order chi connectivity index (χ1) is 8.02. The van der Waals surface area contributed by atoms with Crippen LogP contribution >= 0.6 is 0 Å². The number of rotatable bonds is 6. The molecule has 0 radical (unpaired) electrons. The molecule has 0 amide bonds. The fraction of sp³-hybridized carbons (Fsp3) is 0. The van der Waals surface area contributed by atoms with E-state index in [0.717, 1.165) is 36.6 Å². The maximum atomic E-state index is 10.9. The number of allylic oxidation sites excluding steroid dienone is 4. The highest BCUT2D eigenvalue weighted by molar-refractivity contribution is 5.82. The van der Waals surface area contributed by atoms with Crippen molar-refractivity contribution < 1.29 is 19.4 Å². The molecule has 0 saturated heterocycles. The zero-order valence-corrected chi connectivity index (χ0v) is 8.46. The fourth-order valence-electron chi connectivity index (χ4n) is 0.565. The maximum absolute atomic E-state index is 10.9. The van der Waals surface area contributed by atoms with Gasteiger partial charge < -0.3 is 4.74 Å². The third-order valence-electron chi connectivity index (χ3n) is 1.13. The lowest BCUT2D eigenvalue weighted by molar-refractivity contribution is -0.402. The Balaban J connectivity index is 3.95. The lowest BCUT2D eigenvalue weighted by Gasteiger charge is -1.88. The second kappa shape index (κ2) is 8.53. The molecule has 0 N–H and O–H groups in total. The summed E-state index contributed by atoms with van der Waals surface area (Å²) >= 11 is 0. The van der Waals surface area contributed by atoms with Crippen LogP contribution in [0.4, 0.5) is 0 Å². The van der Waals surface area contributed by atoms with Crippen molar-refractivity contribution in [2.75, 3.05) is 0 Å². The molecule has 0 aromatic carbocycles. The lowest BCUT2D eigenvalue weighted by atomic mass is 10.5. The molecule has 8 heteroatoms. The second-order valence-corrected chi connectivity index (χ2v) is 2.38. The highest BCUT2D eigenvalue weighted by Gasteiger charge is 1.90. The largest absolute Gasteiger partial charge is 0.431 e. The Kier molecular flexibility index (Phi) is 7.14. The van der Waals surface area contributed by atoms with Crippen molar-refractivity contribution in [1.29, 1.82) is 0 Å². The molecule has 0 aliphatic rings. The van der Waals surface area contributed by atoms with Crippen LogP contribution in [0, 0.1) is 20.2 Å². The van der Waals surface area contributed by atoms with Gasteiger partial charge in [0.2, 0.25) is 12.4 Å². The van der Waals surface area contributed by atoms with Gasteiger partial charge in [0.05, 0.1) is 16.1 Å². The van der Waals surface area contributed by atoms with Crippen LogP contribution in [0.5, 0.6) is 0 Å². The number of nitrogens with zero attached hydrogens (tertiary/aromatic N) is 2. The number of hydrogen-bond donors (Lipinski definition) is 0. The van der Waals surface area contributed by atoms with Gasteiger partial charge in [0.15, 0.2) is 0 Å². The molecular formula is C9H8N2O6. The van der Waals surface area contributed by atoms with Crippen LogP contribution in [-0.2, 0) is 9.53 Å². The quantitative estimate of drug-likeness (QED) is 0.172. The number of hydrogen-bond acceptors (Lipinski definition) is 6. The standard InChI is InChI=1S/C9H8N2O6/c12-9(5-1-2-6-10(13)14)17-8-4-3-7-11(15)16/h1-8H/b5-1+,6-2+,7-3+,8-4+. The van der Waals surface area contributed by atoms with E-state index in [0.29, 0.717) is 12.4 Å². The lowest BCUT2D eigenvalue weighted by Crippen LogP contribution is -1.92. The highest BCUT2D eigenvalue weighted by atomic mass is 16.6. The normalized spacial score (nSPS) is 11.8. The van der Waals surface area contributed by atoms with Gasteiger partial charge in [-0.2, -0.15) is 0 Å². The molecule has 0 bridgehead atoms. The Hall–Kier alpha value is -2.77. The predicted molar refractivity (Wildman–Crippen MR) is 56.6 cm³/mol. The van der Waals surface area contributed by atoms with E-state index < -0.39 is 15.8 Å². The van der Waals surface area contributed by atoms with Gasteiger partial charge in [-0.1, -0.05) is 0 Å². The second-order valence-electron chi connectivity index (χ2n) is 2.38. The van der Waals surface area contributed by atoms with Crippen LogP contribution in [0.3, 0.4) is 0 Å². The van der Waals surface area contributed by atoms with Crippen molar-refractivity contribution in [3.05, 3.63) is 69.3 Å². The zero-order chi connectivity index (χ0) is 13.1. The first kappa shape index (κ1) is 14.2. The van der Waals surface area contributed by atoms with E-state index in [-0.39, 0.29) is 0 Å². The van der Waals surface area contributed by atoms with Gasteiger partial charge in [0.1, 0.15) is 0 Å². The third kappa shape index (κ3) is 11.2. The Bertz CT molecular complexity index is 408. The summed E-state index contributed by atoms with van der Waals surface area (Å²) in [4.78, 5) is 29.2. The molecule has 0 rings (SSSR count). The molecule has 0 spiro atoms. The first-order valence-electron chi connectivity index (χ1n) is 4.18. The molecule has 0 aromatic rings. The van der Waals surface area contributed by atoms with E-state index in [1.54, 1.807) is 0 Å². The topological polar surface area (TPSA) is 113 Å². The van der Waals surface area contributed by atoms with E-state index in [4.69, 9.17) is 0 Å². The molecule has 0 fully saturated rings. The van der Waals surface area contributed by atoms with Crippen LogP contribution in [0.15, 0.2) is 49.0 Å². The van der Waals surface area contributed by atoms with Crippen molar-refractivity contribution in [3.8, 4) is 0 Å². The fourth-order valence-corrected chi connectivity index (χ4v) is 0.565. The number of nitro groups is 2. The predicted octanol–water partition coefficient (Wildman–Crippen LogP) is 1.18. The van der Waals surface area contributed by atoms with Crippen LogP contribution < -0.4 is 0 Å². The summed E-state index contributed by atoms with van der Waals surface area (Å²) in [7, 11) is 0. The molecule has 0 heterocycles. The minimum atomic E-state index is -0.760. The molecule has 17 heavy (non-hydrogen) atoms. The summed E-state index contributed by atoms with van der Waals surface area (Å²) in [6.07, 6.45) is 7.64. The molecule has 0 atom stereocenters. The molecule has 0 saturated carbocycles. The molecule has 90 valence electrons. The average molecular weight is 240 g/mol. The molecule has 0 aromatic heterocycles. The summed E-state index contributed by atoms with van der Waals surface area (Å²) in [5.41, 5.74) is 0. The average Bonchev–Trinajstić information content (AvgIpc) is 2.23. The zero-order valence-electron chi connectivity index (χ0n) is 8.46. The summed E-state index contributed by atoms with van der Waals surface area (Å²) in [5, 5.41) is 19.7. The smallest absolute Gasteiger partial charge is 0.335 e. The van der Waals surface area contributed by atoms with E-state index in [9.17, 15) is 25.0 Å². The Morgan fingerprint density at radius 2 is 1.47 bits per heavy atom. The van der Waals surface area contributed by atoms with E-state index in [1.165, 1.54) is 0 Å². The highest BCUT2D eigenvalue weighted by Crippen LogP contribution is 1.86. The minimum Gasteiger partial charge on any atom is -0.431 e. The molecule has 0 unspecified atom stereocenters. The summed E-state index contributed by atoms with van der Waals surface area (Å²) < 4.78 is 4.45. The first-order valence-corrected chi connectivity index (χ1v) is 4.18. The number of carbonyl (C=O) groups is 1. The van der Waals surface area contributed by atoms with Crippen LogP contribution in [0.1, 0.15) is 0 Å². The SMILES string of the molecule is O=C(/C=C/C=C/[N+](=O)[O-])O/C=C/C=C/[N+](=O)[O-]. The van der Waals surface area contributed by atoms with Crippen molar-refractivity contribution in [1.82, 2.24) is 0 Å². The van der Waals surface area contributed by atoms with Gasteiger partial charge in [-0.25, -0.2) is 4.79 Å². The van der Waals surface area contributed by atoms with Gasteiger partial charge in [-0.3, -0.25) is 20.2 Å². The molecule has 0 aliphatic carbocycles. The van der Waals surface area contributed by atoms with Gasteiger partial charge >= 0.3 is 5.97 Å².